The second-order valence-electron chi connectivity index (χ2n) is 3.76. The molecule has 1 aromatic rings. The smallest absolute Gasteiger partial charge is 0.123 e. The molecule has 0 aromatic heterocycles. The lowest BCUT2D eigenvalue weighted by Gasteiger charge is -2.18. The second-order valence-corrected chi connectivity index (χ2v) is 3.76. The van der Waals surface area contributed by atoms with E-state index in [1.807, 2.05) is 6.92 Å². The van der Waals surface area contributed by atoms with Crippen molar-refractivity contribution in [1.82, 2.24) is 0 Å². The molecule has 1 rings (SSSR count). The van der Waals surface area contributed by atoms with Crippen LogP contribution in [0, 0.1) is 11.7 Å². The lowest BCUT2D eigenvalue weighted by atomic mass is 9.94. The highest BCUT2D eigenvalue weighted by Crippen LogP contribution is 2.25. The maximum atomic E-state index is 12.6. The van der Waals surface area contributed by atoms with E-state index >= 15 is 0 Å². The fourth-order valence-electron chi connectivity index (χ4n) is 1.60. The number of hydrogen-bond donors (Lipinski definition) is 1. The standard InChI is InChI=1S/C12H17FO/c1-3-4-9(2)12(14)10-5-7-11(13)8-6-10/h5-9,12,14H,3-4H2,1-2H3. The van der Waals surface area contributed by atoms with Crippen LogP contribution in [0.5, 0.6) is 0 Å². The molecule has 0 aliphatic heterocycles. The van der Waals surface area contributed by atoms with Gasteiger partial charge in [0.25, 0.3) is 0 Å². The minimum absolute atomic E-state index is 0.227. The Kier molecular flexibility index (Phi) is 4.08. The van der Waals surface area contributed by atoms with E-state index in [0.717, 1.165) is 18.4 Å². The summed E-state index contributed by atoms with van der Waals surface area (Å²) >= 11 is 0. The Bertz CT molecular complexity index is 268. The van der Waals surface area contributed by atoms with Gasteiger partial charge in [-0.25, -0.2) is 4.39 Å². The van der Waals surface area contributed by atoms with E-state index in [0.29, 0.717) is 0 Å². The quantitative estimate of drug-likeness (QED) is 0.783. The predicted molar refractivity (Wildman–Crippen MR) is 55.4 cm³/mol. The fourth-order valence-corrected chi connectivity index (χ4v) is 1.60. The first-order valence-corrected chi connectivity index (χ1v) is 5.08. The third kappa shape index (κ3) is 2.81. The van der Waals surface area contributed by atoms with Gasteiger partial charge in [-0.05, 0) is 30.0 Å². The van der Waals surface area contributed by atoms with Crippen LogP contribution in [0.3, 0.4) is 0 Å². The van der Waals surface area contributed by atoms with E-state index in [-0.39, 0.29) is 11.7 Å². The molecule has 0 bridgehead atoms. The lowest BCUT2D eigenvalue weighted by molar-refractivity contribution is 0.112. The molecule has 0 saturated heterocycles. The number of hydrogen-bond acceptors (Lipinski definition) is 1. The van der Waals surface area contributed by atoms with Crippen LogP contribution in [-0.4, -0.2) is 5.11 Å². The molecule has 0 radical (unpaired) electrons. The van der Waals surface area contributed by atoms with Crippen LogP contribution >= 0.6 is 0 Å². The first-order valence-electron chi connectivity index (χ1n) is 5.08. The Morgan fingerprint density at radius 3 is 2.36 bits per heavy atom. The molecule has 78 valence electrons. The van der Waals surface area contributed by atoms with Crippen molar-refractivity contribution in [3.63, 3.8) is 0 Å². The summed E-state index contributed by atoms with van der Waals surface area (Å²) in [7, 11) is 0. The molecular weight excluding hydrogens is 179 g/mol. The molecule has 2 heteroatoms. The second kappa shape index (κ2) is 5.11. The van der Waals surface area contributed by atoms with Crippen LogP contribution in [0.15, 0.2) is 24.3 Å². The summed E-state index contributed by atoms with van der Waals surface area (Å²) < 4.78 is 12.6. The van der Waals surface area contributed by atoms with Gasteiger partial charge in [-0.15, -0.1) is 0 Å². The lowest BCUT2D eigenvalue weighted by Crippen LogP contribution is -2.08. The summed E-state index contributed by atoms with van der Waals surface area (Å²) in [6.07, 6.45) is 1.56. The van der Waals surface area contributed by atoms with E-state index in [1.165, 1.54) is 12.1 Å². The summed E-state index contributed by atoms with van der Waals surface area (Å²) in [4.78, 5) is 0. The molecule has 1 N–H and O–H groups in total. The summed E-state index contributed by atoms with van der Waals surface area (Å²) in [6.45, 7) is 4.10. The SMILES string of the molecule is CCCC(C)C(O)c1ccc(F)cc1. The van der Waals surface area contributed by atoms with Crippen LogP contribution in [0.2, 0.25) is 0 Å². The molecule has 0 aliphatic rings. The van der Waals surface area contributed by atoms with Gasteiger partial charge in [0.1, 0.15) is 5.82 Å². The summed E-state index contributed by atoms with van der Waals surface area (Å²) in [5.41, 5.74) is 0.798. The molecule has 14 heavy (non-hydrogen) atoms. The maximum Gasteiger partial charge on any atom is 0.123 e. The average molecular weight is 196 g/mol. The highest BCUT2D eigenvalue weighted by atomic mass is 19.1. The molecule has 0 amide bonds. The van der Waals surface area contributed by atoms with Crippen LogP contribution in [0.4, 0.5) is 4.39 Å². The monoisotopic (exact) mass is 196 g/mol. The first kappa shape index (κ1) is 11.2. The Morgan fingerprint density at radius 1 is 1.29 bits per heavy atom. The zero-order valence-corrected chi connectivity index (χ0v) is 8.70. The van der Waals surface area contributed by atoms with Crippen molar-refractivity contribution in [1.29, 1.82) is 0 Å². The van der Waals surface area contributed by atoms with E-state index in [1.54, 1.807) is 12.1 Å². The highest BCUT2D eigenvalue weighted by molar-refractivity contribution is 5.18. The normalized spacial score (nSPS) is 15.1. The van der Waals surface area contributed by atoms with Gasteiger partial charge in [-0.1, -0.05) is 32.4 Å². The van der Waals surface area contributed by atoms with Gasteiger partial charge in [0.2, 0.25) is 0 Å². The Morgan fingerprint density at radius 2 is 1.86 bits per heavy atom. The molecule has 2 unspecified atom stereocenters. The van der Waals surface area contributed by atoms with Crippen LogP contribution in [0.1, 0.15) is 38.4 Å². The first-order chi connectivity index (χ1) is 6.65. The van der Waals surface area contributed by atoms with Crippen LogP contribution in [-0.2, 0) is 0 Å². The van der Waals surface area contributed by atoms with Gasteiger partial charge in [0.15, 0.2) is 0 Å². The van der Waals surface area contributed by atoms with Crippen LogP contribution in [0.25, 0.3) is 0 Å². The molecule has 0 spiro atoms. The van der Waals surface area contributed by atoms with Gasteiger partial charge in [0, 0.05) is 0 Å². The molecular formula is C12H17FO. The van der Waals surface area contributed by atoms with E-state index in [9.17, 15) is 9.50 Å². The summed E-state index contributed by atoms with van der Waals surface area (Å²) in [5.74, 6) is -0.0328. The molecule has 0 aliphatic carbocycles. The third-order valence-electron chi connectivity index (χ3n) is 2.49. The number of benzene rings is 1. The largest absolute Gasteiger partial charge is 0.388 e. The fraction of sp³-hybridized carbons (Fsp3) is 0.500. The summed E-state index contributed by atoms with van der Waals surface area (Å²) in [5, 5.41) is 9.89. The predicted octanol–water partition coefficient (Wildman–Crippen LogP) is 3.30. The minimum Gasteiger partial charge on any atom is -0.388 e. The van der Waals surface area contributed by atoms with Gasteiger partial charge >= 0.3 is 0 Å². The third-order valence-corrected chi connectivity index (χ3v) is 2.49. The molecule has 0 saturated carbocycles. The zero-order chi connectivity index (χ0) is 10.6. The maximum absolute atomic E-state index is 12.6. The average Bonchev–Trinajstić information content (AvgIpc) is 2.18. The van der Waals surface area contributed by atoms with Crippen molar-refractivity contribution < 1.29 is 9.50 Å². The Hall–Kier alpha value is -0.890. The van der Waals surface area contributed by atoms with E-state index in [4.69, 9.17) is 0 Å². The number of aliphatic hydroxyl groups is 1. The van der Waals surface area contributed by atoms with Crippen molar-refractivity contribution in [3.05, 3.63) is 35.6 Å². The minimum atomic E-state index is -0.476. The molecule has 1 nitrogen and oxygen atoms in total. The van der Waals surface area contributed by atoms with Crippen molar-refractivity contribution in [2.45, 2.75) is 32.8 Å². The molecule has 1 aromatic carbocycles. The van der Waals surface area contributed by atoms with E-state index in [2.05, 4.69) is 6.92 Å². The van der Waals surface area contributed by atoms with Gasteiger partial charge in [-0.3, -0.25) is 0 Å². The van der Waals surface area contributed by atoms with E-state index < -0.39 is 6.10 Å². The van der Waals surface area contributed by atoms with Crippen LogP contribution < -0.4 is 0 Å². The number of halogens is 1. The van der Waals surface area contributed by atoms with Crippen molar-refractivity contribution in [2.24, 2.45) is 5.92 Å². The molecule has 2 atom stereocenters. The van der Waals surface area contributed by atoms with Gasteiger partial charge < -0.3 is 5.11 Å². The van der Waals surface area contributed by atoms with Gasteiger partial charge in [-0.2, -0.15) is 0 Å². The molecule has 0 heterocycles. The zero-order valence-electron chi connectivity index (χ0n) is 8.70. The topological polar surface area (TPSA) is 20.2 Å². The Labute approximate surface area is 84.6 Å². The van der Waals surface area contributed by atoms with Crippen molar-refractivity contribution in [2.75, 3.05) is 0 Å². The summed E-state index contributed by atoms with van der Waals surface area (Å²) in [6, 6.07) is 6.06. The van der Waals surface area contributed by atoms with Crippen molar-refractivity contribution >= 4 is 0 Å². The highest BCUT2D eigenvalue weighted by Gasteiger charge is 2.14. The van der Waals surface area contributed by atoms with Gasteiger partial charge in [0.05, 0.1) is 6.10 Å². The number of aliphatic hydroxyl groups excluding tert-OH is 1. The molecule has 0 fully saturated rings. The van der Waals surface area contributed by atoms with Crippen molar-refractivity contribution in [3.8, 4) is 0 Å². The number of rotatable bonds is 4. The Balaban J connectivity index is 2.68.